The summed E-state index contributed by atoms with van der Waals surface area (Å²) in [6.45, 7) is -0.161. The van der Waals surface area contributed by atoms with Crippen molar-refractivity contribution in [1.82, 2.24) is 14.5 Å². The lowest BCUT2D eigenvalue weighted by Crippen LogP contribution is -2.45. The highest BCUT2D eigenvalue weighted by Crippen LogP contribution is 2.25. The zero-order valence-corrected chi connectivity index (χ0v) is 17.7. The number of carbonyl (C=O) groups excluding carboxylic acids is 1. The summed E-state index contributed by atoms with van der Waals surface area (Å²) in [5.74, 6) is -0.766. The Morgan fingerprint density at radius 1 is 1.31 bits per heavy atom. The number of alkyl halides is 3. The lowest BCUT2D eigenvalue weighted by atomic mass is 9.99. The maximum absolute atomic E-state index is 12.8. The molecule has 11 heteroatoms. The summed E-state index contributed by atoms with van der Waals surface area (Å²) in [5.41, 5.74) is 0. The third kappa shape index (κ3) is 7.44. The van der Waals surface area contributed by atoms with Gasteiger partial charge in [-0.05, 0) is 57.1 Å². The van der Waals surface area contributed by atoms with Crippen LogP contribution in [0.1, 0.15) is 19.3 Å². The van der Waals surface area contributed by atoms with E-state index in [1.807, 2.05) is 0 Å². The predicted molar refractivity (Wildman–Crippen MR) is 104 cm³/mol. The molecule has 0 spiro atoms. The van der Waals surface area contributed by atoms with Gasteiger partial charge in [0.25, 0.3) is 0 Å². The Balaban J connectivity index is 1.84. The van der Waals surface area contributed by atoms with Crippen LogP contribution in [0, 0.1) is 5.92 Å². The van der Waals surface area contributed by atoms with Gasteiger partial charge in [0.1, 0.15) is 0 Å². The van der Waals surface area contributed by atoms with Crippen LogP contribution in [-0.2, 0) is 14.8 Å². The molecule has 1 saturated heterocycles. The van der Waals surface area contributed by atoms with Crippen LogP contribution in [-0.4, -0.2) is 69.5 Å². The Morgan fingerprint density at radius 2 is 1.97 bits per heavy atom. The summed E-state index contributed by atoms with van der Waals surface area (Å²) in [6.07, 6.45) is -2.76. The second kappa shape index (κ2) is 10.1. The van der Waals surface area contributed by atoms with Gasteiger partial charge in [-0.25, -0.2) is 8.42 Å². The highest BCUT2D eigenvalue weighted by molar-refractivity contribution is 7.89. The molecule has 0 aliphatic carbocycles. The molecule has 1 N–H and O–H groups in total. The minimum absolute atomic E-state index is 0.0742. The van der Waals surface area contributed by atoms with Gasteiger partial charge < -0.3 is 5.32 Å². The quantitative estimate of drug-likeness (QED) is 0.612. The first kappa shape index (κ1) is 23.9. The van der Waals surface area contributed by atoms with E-state index < -0.39 is 28.7 Å². The van der Waals surface area contributed by atoms with Crippen molar-refractivity contribution in [3.63, 3.8) is 0 Å². The van der Waals surface area contributed by atoms with Gasteiger partial charge in [0.2, 0.25) is 15.9 Å². The molecule has 0 radical (unpaired) electrons. The first-order chi connectivity index (χ1) is 13.5. The van der Waals surface area contributed by atoms with Gasteiger partial charge in [0, 0.05) is 24.7 Å². The number of hydrogen-bond donors (Lipinski definition) is 1. The summed E-state index contributed by atoms with van der Waals surface area (Å²) in [4.78, 5) is 13.6. The average molecular weight is 456 g/mol. The number of rotatable bonds is 8. The van der Waals surface area contributed by atoms with E-state index >= 15 is 0 Å². The van der Waals surface area contributed by atoms with Crippen LogP contribution in [0.3, 0.4) is 0 Å². The molecule has 1 aliphatic rings. The molecule has 1 unspecified atom stereocenters. The lowest BCUT2D eigenvalue weighted by molar-refractivity contribution is -0.143. The predicted octanol–water partition coefficient (Wildman–Crippen LogP) is 2.74. The fraction of sp³-hybridized carbons (Fsp3) is 0.611. The van der Waals surface area contributed by atoms with Crippen molar-refractivity contribution in [3.05, 3.63) is 29.3 Å². The SMILES string of the molecule is CN(CCCNC(=O)C1CCCN(S(=O)(=O)c2ccc(Cl)cc2)C1)CC(F)(F)F. The smallest absolute Gasteiger partial charge is 0.356 e. The summed E-state index contributed by atoms with van der Waals surface area (Å²) in [5, 5.41) is 3.14. The molecule has 2 rings (SSSR count). The summed E-state index contributed by atoms with van der Waals surface area (Å²) in [7, 11) is -2.35. The molecule has 1 fully saturated rings. The molecule has 0 saturated carbocycles. The molecular weight excluding hydrogens is 431 g/mol. The van der Waals surface area contributed by atoms with Crippen LogP contribution in [0.4, 0.5) is 13.2 Å². The highest BCUT2D eigenvalue weighted by Gasteiger charge is 2.33. The normalized spacial score (nSPS) is 18.8. The van der Waals surface area contributed by atoms with Gasteiger partial charge in [-0.15, -0.1) is 0 Å². The largest absolute Gasteiger partial charge is 0.401 e. The Kier molecular flexibility index (Phi) is 8.33. The van der Waals surface area contributed by atoms with Crippen LogP contribution in [0.15, 0.2) is 29.2 Å². The zero-order valence-electron chi connectivity index (χ0n) is 16.1. The average Bonchev–Trinajstić information content (AvgIpc) is 2.64. The molecular formula is C18H25ClF3N3O3S. The fourth-order valence-corrected chi connectivity index (χ4v) is 4.87. The summed E-state index contributed by atoms with van der Waals surface area (Å²) < 4.78 is 63.7. The number of sulfonamides is 1. The van der Waals surface area contributed by atoms with Gasteiger partial charge in [0.05, 0.1) is 17.4 Å². The van der Waals surface area contributed by atoms with E-state index in [0.717, 1.165) is 4.90 Å². The second-order valence-electron chi connectivity index (χ2n) is 7.15. The molecule has 1 aromatic rings. The third-order valence-electron chi connectivity index (χ3n) is 4.67. The molecule has 164 valence electrons. The molecule has 0 aromatic heterocycles. The van der Waals surface area contributed by atoms with Crippen LogP contribution in [0.5, 0.6) is 0 Å². The van der Waals surface area contributed by atoms with Crippen molar-refractivity contribution in [3.8, 4) is 0 Å². The van der Waals surface area contributed by atoms with Gasteiger partial charge in [-0.3, -0.25) is 9.69 Å². The van der Waals surface area contributed by atoms with Crippen molar-refractivity contribution in [2.75, 3.05) is 39.8 Å². The molecule has 1 amide bonds. The topological polar surface area (TPSA) is 69.7 Å². The van der Waals surface area contributed by atoms with Gasteiger partial charge in [-0.2, -0.15) is 17.5 Å². The number of carbonyl (C=O) groups is 1. The number of nitrogens with one attached hydrogen (secondary N) is 1. The van der Waals surface area contributed by atoms with E-state index in [4.69, 9.17) is 11.6 Å². The van der Waals surface area contributed by atoms with E-state index in [-0.39, 0.29) is 30.4 Å². The van der Waals surface area contributed by atoms with Gasteiger partial charge in [0.15, 0.2) is 0 Å². The first-order valence-electron chi connectivity index (χ1n) is 9.28. The summed E-state index contributed by atoms with van der Waals surface area (Å²) in [6, 6.07) is 5.86. The number of halogens is 4. The van der Waals surface area contributed by atoms with Crippen LogP contribution in [0.2, 0.25) is 5.02 Å². The Hall–Kier alpha value is -1.36. The first-order valence-corrected chi connectivity index (χ1v) is 11.1. The summed E-state index contributed by atoms with van der Waals surface area (Å²) >= 11 is 5.80. The Bertz CT molecular complexity index is 788. The van der Waals surface area contributed by atoms with Crippen LogP contribution < -0.4 is 5.32 Å². The maximum atomic E-state index is 12.8. The number of benzene rings is 1. The van der Waals surface area contributed by atoms with Crippen LogP contribution >= 0.6 is 11.6 Å². The molecule has 1 atom stereocenters. The fourth-order valence-electron chi connectivity index (χ4n) is 3.22. The Morgan fingerprint density at radius 3 is 2.59 bits per heavy atom. The molecule has 1 aliphatic heterocycles. The Labute approximate surface area is 174 Å². The van der Waals surface area contributed by atoms with E-state index in [1.165, 1.54) is 35.6 Å². The van der Waals surface area contributed by atoms with Crippen molar-refractivity contribution >= 4 is 27.5 Å². The van der Waals surface area contributed by atoms with Crippen LogP contribution in [0.25, 0.3) is 0 Å². The van der Waals surface area contributed by atoms with Crippen molar-refractivity contribution < 1.29 is 26.4 Å². The van der Waals surface area contributed by atoms with Crippen molar-refractivity contribution in [2.24, 2.45) is 5.92 Å². The van der Waals surface area contributed by atoms with Gasteiger partial charge >= 0.3 is 6.18 Å². The van der Waals surface area contributed by atoms with Crippen molar-refractivity contribution in [2.45, 2.75) is 30.3 Å². The molecule has 29 heavy (non-hydrogen) atoms. The number of amides is 1. The standard InChI is InChI=1S/C18H25ClF3N3O3S/c1-24(13-18(20,21)22)10-3-9-23-17(26)14-4-2-11-25(12-14)29(27,28)16-7-5-15(19)6-8-16/h5-8,14H,2-4,9-13H2,1H3,(H,23,26). The molecule has 1 heterocycles. The highest BCUT2D eigenvalue weighted by atomic mass is 35.5. The van der Waals surface area contributed by atoms with Crippen molar-refractivity contribution in [1.29, 1.82) is 0 Å². The van der Waals surface area contributed by atoms with E-state index in [9.17, 15) is 26.4 Å². The zero-order chi connectivity index (χ0) is 21.7. The van der Waals surface area contributed by atoms with E-state index in [0.29, 0.717) is 30.8 Å². The van der Waals surface area contributed by atoms with Gasteiger partial charge in [-0.1, -0.05) is 11.6 Å². The number of hydrogen-bond acceptors (Lipinski definition) is 4. The second-order valence-corrected chi connectivity index (χ2v) is 9.53. The monoisotopic (exact) mass is 455 g/mol. The lowest BCUT2D eigenvalue weighted by Gasteiger charge is -2.31. The molecule has 6 nitrogen and oxygen atoms in total. The minimum atomic E-state index is -4.25. The maximum Gasteiger partial charge on any atom is 0.401 e. The van der Waals surface area contributed by atoms with E-state index in [1.54, 1.807) is 0 Å². The number of piperidine rings is 1. The minimum Gasteiger partial charge on any atom is -0.356 e. The molecule has 1 aromatic carbocycles. The number of nitrogens with zero attached hydrogens (tertiary/aromatic N) is 2. The molecule has 0 bridgehead atoms. The van der Waals surface area contributed by atoms with E-state index in [2.05, 4.69) is 5.32 Å². The third-order valence-corrected chi connectivity index (χ3v) is 6.80.